The summed E-state index contributed by atoms with van der Waals surface area (Å²) in [5.74, 6) is 1.86. The molecule has 0 amide bonds. The molecule has 0 aromatic heterocycles. The first-order valence-corrected chi connectivity index (χ1v) is 9.64. The fraction of sp³-hybridized carbons (Fsp3) is 0.100. The van der Waals surface area contributed by atoms with Crippen LogP contribution in [0.1, 0.15) is 6.92 Å². The number of para-hydroxylation sites is 1. The summed E-state index contributed by atoms with van der Waals surface area (Å²) in [6.07, 6.45) is 0. The molecule has 26 heavy (non-hydrogen) atoms. The summed E-state index contributed by atoms with van der Waals surface area (Å²) in [5.41, 5.74) is 0.445. The first-order valence-electron chi connectivity index (χ1n) is 8.15. The predicted octanol–water partition coefficient (Wildman–Crippen LogP) is 4.68. The first-order chi connectivity index (χ1) is 12.6. The molecule has 3 aromatic carbocycles. The van der Waals surface area contributed by atoms with E-state index in [9.17, 15) is 8.42 Å². The van der Waals surface area contributed by atoms with Crippen LogP contribution in [0.3, 0.4) is 0 Å². The normalized spacial score (nSPS) is 11.0. The minimum atomic E-state index is -3.70. The highest BCUT2D eigenvalue weighted by Gasteiger charge is 2.14. The monoisotopic (exact) mass is 369 g/mol. The van der Waals surface area contributed by atoms with E-state index in [4.69, 9.17) is 9.47 Å². The van der Waals surface area contributed by atoms with Crippen LogP contribution in [0.5, 0.6) is 17.2 Å². The number of ether oxygens (including phenoxy) is 2. The molecule has 0 saturated carbocycles. The van der Waals surface area contributed by atoms with Crippen molar-refractivity contribution in [1.29, 1.82) is 0 Å². The van der Waals surface area contributed by atoms with Gasteiger partial charge in [0, 0.05) is 6.07 Å². The third-order valence-electron chi connectivity index (χ3n) is 3.51. The van der Waals surface area contributed by atoms with Crippen LogP contribution in [0.15, 0.2) is 83.8 Å². The van der Waals surface area contributed by atoms with Gasteiger partial charge in [-0.15, -0.1) is 0 Å². The van der Waals surface area contributed by atoms with E-state index in [0.717, 1.165) is 0 Å². The van der Waals surface area contributed by atoms with Gasteiger partial charge in [0.05, 0.1) is 17.2 Å². The summed E-state index contributed by atoms with van der Waals surface area (Å²) < 4.78 is 38.7. The van der Waals surface area contributed by atoms with Crippen LogP contribution in [0.2, 0.25) is 0 Å². The van der Waals surface area contributed by atoms with Gasteiger partial charge in [0.25, 0.3) is 10.0 Å². The maximum Gasteiger partial charge on any atom is 0.261 e. The zero-order valence-electron chi connectivity index (χ0n) is 14.3. The van der Waals surface area contributed by atoms with Crippen molar-refractivity contribution < 1.29 is 17.9 Å². The van der Waals surface area contributed by atoms with Crippen LogP contribution in [0, 0.1) is 0 Å². The Morgan fingerprint density at radius 1 is 0.808 bits per heavy atom. The third kappa shape index (κ3) is 4.55. The summed E-state index contributed by atoms with van der Waals surface area (Å²) in [6.45, 7) is 2.38. The molecule has 6 heteroatoms. The largest absolute Gasteiger partial charge is 0.494 e. The molecule has 0 spiro atoms. The third-order valence-corrected chi connectivity index (χ3v) is 4.91. The lowest BCUT2D eigenvalue weighted by molar-refractivity contribution is 0.340. The van der Waals surface area contributed by atoms with Crippen molar-refractivity contribution in [2.75, 3.05) is 11.3 Å². The highest BCUT2D eigenvalue weighted by molar-refractivity contribution is 7.92. The van der Waals surface area contributed by atoms with Crippen molar-refractivity contribution in [3.8, 4) is 17.2 Å². The van der Waals surface area contributed by atoms with Gasteiger partial charge in [-0.25, -0.2) is 8.42 Å². The minimum absolute atomic E-state index is 0.153. The van der Waals surface area contributed by atoms with E-state index in [-0.39, 0.29) is 4.90 Å². The lowest BCUT2D eigenvalue weighted by Crippen LogP contribution is -2.12. The lowest BCUT2D eigenvalue weighted by atomic mass is 10.3. The number of benzene rings is 3. The van der Waals surface area contributed by atoms with E-state index in [1.807, 2.05) is 37.3 Å². The molecule has 1 N–H and O–H groups in total. The Morgan fingerprint density at radius 2 is 1.46 bits per heavy atom. The summed E-state index contributed by atoms with van der Waals surface area (Å²) in [6, 6.07) is 22.4. The number of hydrogen-bond donors (Lipinski definition) is 1. The summed E-state index contributed by atoms with van der Waals surface area (Å²) >= 11 is 0. The molecule has 0 unspecified atom stereocenters. The predicted molar refractivity (Wildman–Crippen MR) is 101 cm³/mol. The van der Waals surface area contributed by atoms with E-state index in [2.05, 4.69) is 4.72 Å². The molecule has 134 valence electrons. The Kier molecular flexibility index (Phi) is 5.43. The summed E-state index contributed by atoms with van der Waals surface area (Å²) in [4.78, 5) is 0.153. The van der Waals surface area contributed by atoms with Gasteiger partial charge < -0.3 is 9.47 Å². The quantitative estimate of drug-likeness (QED) is 0.657. The smallest absolute Gasteiger partial charge is 0.261 e. The molecule has 0 fully saturated rings. The molecule has 3 aromatic rings. The van der Waals surface area contributed by atoms with E-state index in [1.54, 1.807) is 36.4 Å². The van der Waals surface area contributed by atoms with Gasteiger partial charge in [-0.1, -0.05) is 24.3 Å². The second-order valence-electron chi connectivity index (χ2n) is 5.45. The van der Waals surface area contributed by atoms with E-state index < -0.39 is 10.0 Å². The molecule has 0 aliphatic rings. The van der Waals surface area contributed by atoms with Crippen molar-refractivity contribution in [2.24, 2.45) is 0 Å². The van der Waals surface area contributed by atoms with Crippen molar-refractivity contribution in [3.05, 3.63) is 78.9 Å². The van der Waals surface area contributed by atoms with Gasteiger partial charge in [0.15, 0.2) is 0 Å². The average molecular weight is 369 g/mol. The minimum Gasteiger partial charge on any atom is -0.494 e. The van der Waals surface area contributed by atoms with Crippen LogP contribution >= 0.6 is 0 Å². The van der Waals surface area contributed by atoms with Gasteiger partial charge in [-0.05, 0) is 55.5 Å². The zero-order chi connectivity index (χ0) is 18.4. The maximum absolute atomic E-state index is 12.5. The Labute approximate surface area is 153 Å². The Balaban J connectivity index is 1.74. The molecular formula is C20H19NO4S. The number of nitrogens with one attached hydrogen (secondary N) is 1. The molecule has 0 aliphatic carbocycles. The highest BCUT2D eigenvalue weighted by Crippen LogP contribution is 2.24. The Bertz CT molecular complexity index is 955. The van der Waals surface area contributed by atoms with Crippen LogP contribution < -0.4 is 14.2 Å². The molecule has 0 saturated heterocycles. The van der Waals surface area contributed by atoms with Crippen molar-refractivity contribution >= 4 is 15.7 Å². The number of anilines is 1. The fourth-order valence-corrected chi connectivity index (χ4v) is 3.39. The van der Waals surface area contributed by atoms with Crippen LogP contribution in [0.4, 0.5) is 5.69 Å². The van der Waals surface area contributed by atoms with Crippen LogP contribution in [0.25, 0.3) is 0 Å². The summed E-state index contributed by atoms with van der Waals surface area (Å²) in [5, 5.41) is 0. The van der Waals surface area contributed by atoms with Crippen molar-refractivity contribution in [2.45, 2.75) is 11.8 Å². The van der Waals surface area contributed by atoms with Crippen molar-refractivity contribution in [1.82, 2.24) is 0 Å². The topological polar surface area (TPSA) is 64.6 Å². The van der Waals surface area contributed by atoms with Gasteiger partial charge in [0.1, 0.15) is 17.2 Å². The number of hydrogen-bond acceptors (Lipinski definition) is 4. The zero-order valence-corrected chi connectivity index (χ0v) is 15.1. The molecule has 3 rings (SSSR count). The molecule has 0 atom stereocenters. The first kappa shape index (κ1) is 17.8. The maximum atomic E-state index is 12.5. The van der Waals surface area contributed by atoms with Gasteiger partial charge in [-0.2, -0.15) is 0 Å². The Hall–Kier alpha value is -2.99. The standard InChI is InChI=1S/C20H19NO4S/c1-2-24-19-10-6-7-16(15-19)21-26(22,23)20-13-11-18(12-14-20)25-17-8-4-3-5-9-17/h3-15,21H,2H2,1H3. The van der Waals surface area contributed by atoms with Crippen LogP contribution in [-0.2, 0) is 10.0 Å². The van der Waals surface area contributed by atoms with Gasteiger partial charge in [0.2, 0.25) is 0 Å². The molecular weight excluding hydrogens is 350 g/mol. The fourth-order valence-electron chi connectivity index (χ4n) is 2.34. The van der Waals surface area contributed by atoms with Gasteiger partial charge in [-0.3, -0.25) is 4.72 Å². The molecule has 0 heterocycles. The SMILES string of the molecule is CCOc1cccc(NS(=O)(=O)c2ccc(Oc3ccccc3)cc2)c1. The molecule has 5 nitrogen and oxygen atoms in total. The Morgan fingerprint density at radius 3 is 2.15 bits per heavy atom. The average Bonchev–Trinajstić information content (AvgIpc) is 2.63. The summed E-state index contributed by atoms with van der Waals surface area (Å²) in [7, 11) is -3.70. The van der Waals surface area contributed by atoms with Gasteiger partial charge >= 0.3 is 0 Å². The van der Waals surface area contributed by atoms with E-state index >= 15 is 0 Å². The van der Waals surface area contributed by atoms with E-state index in [1.165, 1.54) is 12.1 Å². The lowest BCUT2D eigenvalue weighted by Gasteiger charge is -2.11. The number of sulfonamides is 1. The highest BCUT2D eigenvalue weighted by atomic mass is 32.2. The number of rotatable bonds is 7. The van der Waals surface area contributed by atoms with Crippen LogP contribution in [-0.4, -0.2) is 15.0 Å². The molecule has 0 radical (unpaired) electrons. The second kappa shape index (κ2) is 7.93. The molecule has 0 aliphatic heterocycles. The second-order valence-corrected chi connectivity index (χ2v) is 7.14. The molecule has 0 bridgehead atoms. The van der Waals surface area contributed by atoms with Crippen molar-refractivity contribution in [3.63, 3.8) is 0 Å². The van der Waals surface area contributed by atoms with E-state index in [0.29, 0.717) is 29.5 Å².